The van der Waals surface area contributed by atoms with Crippen LogP contribution in [0, 0.1) is 5.92 Å². The van der Waals surface area contributed by atoms with E-state index in [1.165, 1.54) is 23.4 Å². The lowest BCUT2D eigenvalue weighted by Gasteiger charge is -2.36. The van der Waals surface area contributed by atoms with E-state index >= 15 is 0 Å². The maximum Gasteiger partial charge on any atom is 0.251 e. The molecule has 0 spiro atoms. The van der Waals surface area contributed by atoms with Gasteiger partial charge >= 0.3 is 0 Å². The Morgan fingerprint density at radius 1 is 0.838 bits per heavy atom. The summed E-state index contributed by atoms with van der Waals surface area (Å²) in [5, 5.41) is 8.82. The van der Waals surface area contributed by atoms with Gasteiger partial charge in [-0.25, -0.2) is 8.42 Å². The SMILES string of the molecule is CC(=O)Nc1ccc(S(=O)(=O)N2CCC[C@H](C(=O)N[C@@H]3CCCC[C@H]3NC(=O)c3ccccc3)C2)cc1. The first-order valence-corrected chi connectivity index (χ1v) is 14.2. The van der Waals surface area contributed by atoms with Crippen molar-refractivity contribution in [3.63, 3.8) is 0 Å². The van der Waals surface area contributed by atoms with Gasteiger partial charge in [-0.05, 0) is 62.1 Å². The van der Waals surface area contributed by atoms with E-state index in [4.69, 9.17) is 0 Å². The molecule has 9 nitrogen and oxygen atoms in total. The van der Waals surface area contributed by atoms with Crippen molar-refractivity contribution in [1.29, 1.82) is 0 Å². The number of amides is 3. The topological polar surface area (TPSA) is 125 Å². The van der Waals surface area contributed by atoms with Gasteiger partial charge in [0, 0.05) is 43.3 Å². The van der Waals surface area contributed by atoms with Gasteiger partial charge in [0.25, 0.3) is 5.91 Å². The zero-order valence-corrected chi connectivity index (χ0v) is 21.8. The van der Waals surface area contributed by atoms with E-state index in [9.17, 15) is 22.8 Å². The first-order chi connectivity index (χ1) is 17.7. The number of nitrogens with one attached hydrogen (secondary N) is 3. The molecule has 2 fully saturated rings. The Morgan fingerprint density at radius 2 is 1.49 bits per heavy atom. The lowest BCUT2D eigenvalue weighted by molar-refractivity contribution is -0.127. The van der Waals surface area contributed by atoms with Crippen LogP contribution in [0.25, 0.3) is 0 Å². The van der Waals surface area contributed by atoms with Crippen molar-refractivity contribution in [2.75, 3.05) is 18.4 Å². The summed E-state index contributed by atoms with van der Waals surface area (Å²) in [4.78, 5) is 37.3. The average Bonchev–Trinajstić information content (AvgIpc) is 2.90. The molecule has 1 saturated carbocycles. The number of sulfonamides is 1. The van der Waals surface area contributed by atoms with Gasteiger partial charge in [0.2, 0.25) is 21.8 Å². The number of rotatable bonds is 7. The zero-order valence-electron chi connectivity index (χ0n) is 21.0. The molecule has 37 heavy (non-hydrogen) atoms. The van der Waals surface area contributed by atoms with E-state index < -0.39 is 15.9 Å². The fraction of sp³-hybridized carbons (Fsp3) is 0.444. The predicted molar refractivity (Wildman–Crippen MR) is 140 cm³/mol. The Labute approximate surface area is 218 Å². The highest BCUT2D eigenvalue weighted by Gasteiger charge is 2.35. The van der Waals surface area contributed by atoms with Gasteiger partial charge < -0.3 is 16.0 Å². The minimum Gasteiger partial charge on any atom is -0.351 e. The summed E-state index contributed by atoms with van der Waals surface area (Å²) in [7, 11) is -3.78. The van der Waals surface area contributed by atoms with Crippen molar-refractivity contribution in [2.24, 2.45) is 5.92 Å². The number of hydrogen-bond donors (Lipinski definition) is 3. The summed E-state index contributed by atoms with van der Waals surface area (Å²) in [5.41, 5.74) is 1.10. The summed E-state index contributed by atoms with van der Waals surface area (Å²) in [6, 6.07) is 14.7. The summed E-state index contributed by atoms with van der Waals surface area (Å²) in [5.74, 6) is -1.03. The predicted octanol–water partition coefficient (Wildman–Crippen LogP) is 2.90. The number of benzene rings is 2. The molecule has 1 saturated heterocycles. The van der Waals surface area contributed by atoms with Crippen LogP contribution in [0.2, 0.25) is 0 Å². The normalized spacial score (nSPS) is 22.6. The Bertz CT molecular complexity index is 1220. The van der Waals surface area contributed by atoms with E-state index in [0.717, 1.165) is 25.7 Å². The van der Waals surface area contributed by atoms with Gasteiger partial charge in [-0.15, -0.1) is 0 Å². The first kappa shape index (κ1) is 26.8. The van der Waals surface area contributed by atoms with Crippen LogP contribution in [-0.2, 0) is 19.6 Å². The number of hydrogen-bond acceptors (Lipinski definition) is 5. The van der Waals surface area contributed by atoms with Crippen LogP contribution in [0.15, 0.2) is 59.5 Å². The molecule has 1 aliphatic heterocycles. The molecule has 1 aliphatic carbocycles. The van der Waals surface area contributed by atoms with Crippen LogP contribution in [0.3, 0.4) is 0 Å². The summed E-state index contributed by atoms with van der Waals surface area (Å²) in [6.07, 6.45) is 4.67. The fourth-order valence-electron chi connectivity index (χ4n) is 5.06. The van der Waals surface area contributed by atoms with Crippen molar-refractivity contribution in [2.45, 2.75) is 62.4 Å². The quantitative estimate of drug-likeness (QED) is 0.512. The van der Waals surface area contributed by atoms with Crippen molar-refractivity contribution in [1.82, 2.24) is 14.9 Å². The van der Waals surface area contributed by atoms with Gasteiger partial charge in [-0.1, -0.05) is 31.0 Å². The molecular formula is C27H34N4O5S. The molecule has 3 amide bonds. The minimum atomic E-state index is -3.78. The second-order valence-electron chi connectivity index (χ2n) is 9.75. The molecule has 3 atom stereocenters. The third kappa shape index (κ3) is 6.75. The average molecular weight is 527 g/mol. The number of carbonyl (C=O) groups is 3. The zero-order chi connectivity index (χ0) is 26.4. The van der Waals surface area contributed by atoms with Crippen LogP contribution in [0.5, 0.6) is 0 Å². The van der Waals surface area contributed by atoms with Crippen molar-refractivity contribution in [3.8, 4) is 0 Å². The first-order valence-electron chi connectivity index (χ1n) is 12.8. The fourth-order valence-corrected chi connectivity index (χ4v) is 6.58. The smallest absolute Gasteiger partial charge is 0.251 e. The molecule has 10 heteroatoms. The molecule has 2 aromatic carbocycles. The highest BCUT2D eigenvalue weighted by atomic mass is 32.2. The van der Waals surface area contributed by atoms with Crippen molar-refractivity contribution in [3.05, 3.63) is 60.2 Å². The Morgan fingerprint density at radius 3 is 2.14 bits per heavy atom. The van der Waals surface area contributed by atoms with Crippen LogP contribution in [0.1, 0.15) is 55.8 Å². The maximum atomic E-state index is 13.2. The number of carbonyl (C=O) groups excluding carboxylic acids is 3. The van der Waals surface area contributed by atoms with E-state index in [1.54, 1.807) is 24.3 Å². The maximum absolute atomic E-state index is 13.2. The summed E-state index contributed by atoms with van der Waals surface area (Å²) < 4.78 is 27.9. The van der Waals surface area contributed by atoms with E-state index in [-0.39, 0.29) is 41.2 Å². The largest absolute Gasteiger partial charge is 0.351 e. The molecule has 0 unspecified atom stereocenters. The molecule has 0 aromatic heterocycles. The van der Waals surface area contributed by atoms with Gasteiger partial charge in [0.1, 0.15) is 0 Å². The second-order valence-corrected chi connectivity index (χ2v) is 11.7. The molecule has 1 heterocycles. The van der Waals surface area contributed by atoms with E-state index in [0.29, 0.717) is 30.6 Å². The van der Waals surface area contributed by atoms with Gasteiger partial charge in [-0.2, -0.15) is 4.31 Å². The van der Waals surface area contributed by atoms with Gasteiger partial charge in [0.05, 0.1) is 10.8 Å². The van der Waals surface area contributed by atoms with Crippen LogP contribution < -0.4 is 16.0 Å². The number of piperidine rings is 1. The van der Waals surface area contributed by atoms with Crippen LogP contribution in [-0.4, -0.2) is 55.6 Å². The number of anilines is 1. The number of nitrogens with zero attached hydrogens (tertiary/aromatic N) is 1. The standard InChI is InChI=1S/C27H34N4O5S/c1-19(32)28-22-13-15-23(16-14-22)37(35,36)31-17-7-10-21(18-31)27(34)30-25-12-6-5-11-24(25)29-26(33)20-8-3-2-4-9-20/h2-4,8-9,13-16,21,24-25H,5-7,10-12,17-18H2,1H3,(H,28,32)(H,29,33)(H,30,34)/t21-,24+,25+/m0/s1. The van der Waals surface area contributed by atoms with Crippen molar-refractivity contribution >= 4 is 33.4 Å². The van der Waals surface area contributed by atoms with Gasteiger partial charge in [0.15, 0.2) is 0 Å². The molecule has 198 valence electrons. The summed E-state index contributed by atoms with van der Waals surface area (Å²) in [6.45, 7) is 1.84. The lowest BCUT2D eigenvalue weighted by atomic mass is 9.89. The van der Waals surface area contributed by atoms with Gasteiger partial charge in [-0.3, -0.25) is 14.4 Å². The lowest BCUT2D eigenvalue weighted by Crippen LogP contribution is -2.55. The molecular weight excluding hydrogens is 492 g/mol. The molecule has 3 N–H and O–H groups in total. The van der Waals surface area contributed by atoms with E-state index in [2.05, 4.69) is 16.0 Å². The molecule has 2 aromatic rings. The van der Waals surface area contributed by atoms with Crippen LogP contribution in [0.4, 0.5) is 5.69 Å². The third-order valence-corrected chi connectivity index (χ3v) is 8.89. The molecule has 2 aliphatic rings. The van der Waals surface area contributed by atoms with Crippen LogP contribution >= 0.6 is 0 Å². The Balaban J connectivity index is 1.38. The Hall–Kier alpha value is -3.24. The summed E-state index contributed by atoms with van der Waals surface area (Å²) >= 11 is 0. The third-order valence-electron chi connectivity index (χ3n) is 7.01. The Kier molecular flexibility index (Phi) is 8.60. The van der Waals surface area contributed by atoms with Crippen molar-refractivity contribution < 1.29 is 22.8 Å². The molecule has 4 rings (SSSR count). The monoisotopic (exact) mass is 526 g/mol. The second kappa shape index (κ2) is 11.9. The molecule has 0 bridgehead atoms. The van der Waals surface area contributed by atoms with E-state index in [1.807, 2.05) is 18.2 Å². The minimum absolute atomic E-state index is 0.107. The highest BCUT2D eigenvalue weighted by Crippen LogP contribution is 2.26. The molecule has 0 radical (unpaired) electrons. The highest BCUT2D eigenvalue weighted by molar-refractivity contribution is 7.89.